The van der Waals surface area contributed by atoms with Crippen LogP contribution in [0.2, 0.25) is 0 Å². The van der Waals surface area contributed by atoms with Crippen LogP contribution in [0.5, 0.6) is 0 Å². The van der Waals surface area contributed by atoms with Gasteiger partial charge in [-0.3, -0.25) is 0 Å². The number of aromatic nitrogens is 4. The summed E-state index contributed by atoms with van der Waals surface area (Å²) in [5.41, 5.74) is 1.99. The summed E-state index contributed by atoms with van der Waals surface area (Å²) in [6.07, 6.45) is 3.40. The molecule has 0 aliphatic heterocycles. The lowest BCUT2D eigenvalue weighted by Gasteiger charge is -2.17. The Labute approximate surface area is 161 Å². The van der Waals surface area contributed by atoms with Gasteiger partial charge in [0.25, 0.3) is 0 Å². The van der Waals surface area contributed by atoms with Gasteiger partial charge in [0.1, 0.15) is 5.03 Å². The minimum atomic E-state index is 0.0765. The van der Waals surface area contributed by atoms with Crippen molar-refractivity contribution < 1.29 is 0 Å². The number of nitrogens with zero attached hydrogens (tertiary/aromatic N) is 4. The fraction of sp³-hybridized carbons (Fsp3) is 0.167. The molecule has 26 heavy (non-hydrogen) atoms. The third-order valence-corrected chi connectivity index (χ3v) is 4.47. The van der Waals surface area contributed by atoms with Crippen LogP contribution in [0.4, 0.5) is 5.95 Å². The maximum Gasteiger partial charge on any atom is 0.230 e. The lowest BCUT2D eigenvalue weighted by Crippen LogP contribution is -2.31. The summed E-state index contributed by atoms with van der Waals surface area (Å²) in [4.78, 5) is 17.3. The molecule has 0 radical (unpaired) electrons. The van der Waals surface area contributed by atoms with Crippen LogP contribution in [0, 0.1) is 6.92 Å². The summed E-state index contributed by atoms with van der Waals surface area (Å²) in [5.74, 6) is 0.446. The number of hydrogen-bond acceptors (Lipinski definition) is 6. The van der Waals surface area contributed by atoms with Gasteiger partial charge in [0.2, 0.25) is 5.95 Å². The smallest absolute Gasteiger partial charge is 0.230 e. The van der Waals surface area contributed by atoms with Gasteiger partial charge in [-0.15, -0.1) is 0 Å². The molecule has 0 aliphatic rings. The average molecular weight is 383 g/mol. The van der Waals surface area contributed by atoms with Gasteiger partial charge in [-0.25, -0.2) is 19.9 Å². The van der Waals surface area contributed by atoms with Crippen molar-refractivity contribution in [3.05, 3.63) is 66.1 Å². The number of benzene rings is 1. The molecule has 0 aliphatic carbocycles. The van der Waals surface area contributed by atoms with E-state index in [1.54, 1.807) is 18.5 Å². The SMILES string of the molecule is Cc1cc(Sc2ncccn2)nc(NC(=S)NC(C)c2ccccc2)n1. The van der Waals surface area contributed by atoms with E-state index in [0.717, 1.165) is 16.3 Å². The monoisotopic (exact) mass is 382 g/mol. The van der Waals surface area contributed by atoms with Crippen LogP contribution in [-0.4, -0.2) is 25.0 Å². The summed E-state index contributed by atoms with van der Waals surface area (Å²) >= 11 is 6.77. The molecular formula is C18H18N6S2. The lowest BCUT2D eigenvalue weighted by molar-refractivity contribution is 0.722. The molecule has 0 saturated carbocycles. The van der Waals surface area contributed by atoms with Gasteiger partial charge < -0.3 is 10.6 Å². The van der Waals surface area contributed by atoms with Crippen molar-refractivity contribution in [2.75, 3.05) is 5.32 Å². The van der Waals surface area contributed by atoms with Gasteiger partial charge in [0.15, 0.2) is 10.3 Å². The van der Waals surface area contributed by atoms with Crippen LogP contribution in [0.25, 0.3) is 0 Å². The van der Waals surface area contributed by atoms with E-state index in [2.05, 4.69) is 49.6 Å². The van der Waals surface area contributed by atoms with Crippen molar-refractivity contribution in [1.82, 2.24) is 25.3 Å². The van der Waals surface area contributed by atoms with Gasteiger partial charge in [-0.2, -0.15) is 0 Å². The topological polar surface area (TPSA) is 75.6 Å². The fourth-order valence-corrected chi connectivity index (χ4v) is 3.28. The zero-order valence-electron chi connectivity index (χ0n) is 14.4. The summed E-state index contributed by atoms with van der Waals surface area (Å²) < 4.78 is 0. The number of hydrogen-bond donors (Lipinski definition) is 2. The molecule has 2 aromatic heterocycles. The molecular weight excluding hydrogens is 364 g/mol. The molecule has 2 heterocycles. The van der Waals surface area contributed by atoms with E-state index in [1.807, 2.05) is 31.2 Å². The van der Waals surface area contributed by atoms with Gasteiger partial charge in [-0.1, -0.05) is 30.3 Å². The summed E-state index contributed by atoms with van der Waals surface area (Å²) in [6, 6.07) is 13.8. The third-order valence-electron chi connectivity index (χ3n) is 3.44. The highest BCUT2D eigenvalue weighted by Gasteiger charge is 2.10. The minimum absolute atomic E-state index is 0.0765. The van der Waals surface area contributed by atoms with Crippen LogP contribution < -0.4 is 10.6 Å². The number of thiocarbonyl (C=S) groups is 1. The van der Waals surface area contributed by atoms with Crippen LogP contribution in [0.15, 0.2) is 65.0 Å². The van der Waals surface area contributed by atoms with E-state index in [9.17, 15) is 0 Å². The molecule has 1 atom stereocenters. The average Bonchev–Trinajstić information content (AvgIpc) is 2.62. The highest BCUT2D eigenvalue weighted by Crippen LogP contribution is 2.23. The Kier molecular flexibility index (Phi) is 6.08. The van der Waals surface area contributed by atoms with E-state index in [4.69, 9.17) is 12.2 Å². The highest BCUT2D eigenvalue weighted by molar-refractivity contribution is 7.99. The summed E-state index contributed by atoms with van der Waals surface area (Å²) in [7, 11) is 0. The molecule has 132 valence electrons. The van der Waals surface area contributed by atoms with Crippen LogP contribution in [0.1, 0.15) is 24.2 Å². The second kappa shape index (κ2) is 8.68. The zero-order valence-corrected chi connectivity index (χ0v) is 16.0. The van der Waals surface area contributed by atoms with Gasteiger partial charge in [0.05, 0.1) is 6.04 Å². The number of aryl methyl sites for hydroxylation is 1. The molecule has 8 heteroatoms. The van der Waals surface area contributed by atoms with Crippen molar-refractivity contribution in [1.29, 1.82) is 0 Å². The predicted octanol–water partition coefficient (Wildman–Crippen LogP) is 3.77. The number of rotatable bonds is 5. The maximum absolute atomic E-state index is 5.39. The number of nitrogens with one attached hydrogen (secondary N) is 2. The molecule has 2 N–H and O–H groups in total. The van der Waals surface area contributed by atoms with Crippen molar-refractivity contribution in [2.24, 2.45) is 0 Å². The molecule has 1 unspecified atom stereocenters. The number of anilines is 1. The van der Waals surface area contributed by atoms with Crippen LogP contribution in [0.3, 0.4) is 0 Å². The molecule has 0 amide bonds. The van der Waals surface area contributed by atoms with Crippen LogP contribution in [-0.2, 0) is 0 Å². The van der Waals surface area contributed by atoms with Crippen molar-refractivity contribution in [2.45, 2.75) is 30.1 Å². The largest absolute Gasteiger partial charge is 0.356 e. The Balaban J connectivity index is 1.66. The summed E-state index contributed by atoms with van der Waals surface area (Å²) in [6.45, 7) is 3.96. The zero-order chi connectivity index (χ0) is 18.4. The molecule has 3 aromatic rings. The maximum atomic E-state index is 5.39. The third kappa shape index (κ3) is 5.21. The van der Waals surface area contributed by atoms with E-state index in [0.29, 0.717) is 16.2 Å². The van der Waals surface area contributed by atoms with Crippen molar-refractivity contribution in [3.63, 3.8) is 0 Å². The fourth-order valence-electron chi connectivity index (χ4n) is 2.24. The Morgan fingerprint density at radius 3 is 2.54 bits per heavy atom. The van der Waals surface area contributed by atoms with E-state index < -0.39 is 0 Å². The normalized spacial score (nSPS) is 11.6. The quantitative estimate of drug-likeness (QED) is 0.392. The second-order valence-corrected chi connectivity index (χ2v) is 6.93. The first-order chi connectivity index (χ1) is 12.6. The van der Waals surface area contributed by atoms with Crippen molar-refractivity contribution in [3.8, 4) is 0 Å². The summed E-state index contributed by atoms with van der Waals surface area (Å²) in [5, 5.41) is 8.16. The first kappa shape index (κ1) is 18.2. The molecule has 3 rings (SSSR count). The Bertz CT molecular complexity index is 873. The van der Waals surface area contributed by atoms with E-state index in [-0.39, 0.29) is 6.04 Å². The highest BCUT2D eigenvalue weighted by atomic mass is 32.2. The van der Waals surface area contributed by atoms with E-state index in [1.165, 1.54) is 11.8 Å². The van der Waals surface area contributed by atoms with Crippen LogP contribution >= 0.6 is 24.0 Å². The molecule has 0 spiro atoms. The minimum Gasteiger partial charge on any atom is -0.356 e. The first-order valence-corrected chi connectivity index (χ1v) is 9.25. The van der Waals surface area contributed by atoms with Gasteiger partial charge in [0, 0.05) is 18.1 Å². The lowest BCUT2D eigenvalue weighted by atomic mass is 10.1. The first-order valence-electron chi connectivity index (χ1n) is 8.03. The van der Waals surface area contributed by atoms with Gasteiger partial charge >= 0.3 is 0 Å². The Morgan fingerprint density at radius 1 is 1.08 bits per heavy atom. The predicted molar refractivity (Wildman–Crippen MR) is 107 cm³/mol. The second-order valence-electron chi connectivity index (χ2n) is 5.54. The standard InChI is InChI=1S/C18H18N6S2/c1-12-11-15(26-18-19-9-6-10-20-18)23-16(21-12)24-17(25)22-13(2)14-7-4-3-5-8-14/h3-11,13H,1-2H3,(H2,21,22,23,24,25). The van der Waals surface area contributed by atoms with E-state index >= 15 is 0 Å². The molecule has 0 saturated heterocycles. The van der Waals surface area contributed by atoms with Crippen molar-refractivity contribution >= 4 is 35.0 Å². The molecule has 1 aromatic carbocycles. The molecule has 0 bridgehead atoms. The molecule has 0 fully saturated rings. The Morgan fingerprint density at radius 2 is 1.81 bits per heavy atom. The van der Waals surface area contributed by atoms with Gasteiger partial charge in [-0.05, 0) is 55.5 Å². The molecule has 6 nitrogen and oxygen atoms in total. The Hall–Kier alpha value is -2.58.